The number of hydrogen-bond acceptors (Lipinski definition) is 3. The van der Waals surface area contributed by atoms with Crippen LogP contribution < -0.4 is 5.73 Å². The molecule has 0 radical (unpaired) electrons. The molecule has 0 aromatic heterocycles. The molecule has 13 heavy (non-hydrogen) atoms. The van der Waals surface area contributed by atoms with Gasteiger partial charge in [0.1, 0.15) is 12.4 Å². The molecule has 0 saturated heterocycles. The highest BCUT2D eigenvalue weighted by molar-refractivity contribution is 5.58. The predicted molar refractivity (Wildman–Crippen MR) is 50.2 cm³/mol. The molecule has 0 fully saturated rings. The molecule has 1 rings (SSSR count). The van der Waals surface area contributed by atoms with Crippen molar-refractivity contribution in [1.82, 2.24) is 0 Å². The molecule has 1 aromatic carbocycles. The molecule has 2 atom stereocenters. The Morgan fingerprint density at radius 3 is 2.38 bits per heavy atom. The molecule has 0 heterocycles. The number of aliphatic hydroxyl groups is 1. The number of carbonyl (C=O) groups excluding carboxylic acids is 1. The van der Waals surface area contributed by atoms with Gasteiger partial charge in [-0.15, -0.1) is 0 Å². The van der Waals surface area contributed by atoms with Crippen molar-refractivity contribution >= 4 is 6.29 Å². The number of aryl methyl sites for hydroxylation is 1. The molecular formula is C10H13NO2. The van der Waals surface area contributed by atoms with Crippen molar-refractivity contribution in [2.75, 3.05) is 0 Å². The van der Waals surface area contributed by atoms with Crippen molar-refractivity contribution in [2.24, 2.45) is 5.73 Å². The molecule has 3 nitrogen and oxygen atoms in total. The third-order valence-corrected chi connectivity index (χ3v) is 1.94. The van der Waals surface area contributed by atoms with E-state index in [9.17, 15) is 9.90 Å². The van der Waals surface area contributed by atoms with Crippen LogP contribution in [0, 0.1) is 6.92 Å². The lowest BCUT2D eigenvalue weighted by Crippen LogP contribution is -2.29. The number of aldehydes is 1. The van der Waals surface area contributed by atoms with Crippen molar-refractivity contribution < 1.29 is 9.90 Å². The predicted octanol–water partition coefficient (Wildman–Crippen LogP) is 0.555. The molecule has 3 N–H and O–H groups in total. The summed E-state index contributed by atoms with van der Waals surface area (Å²) in [6.07, 6.45) is -0.358. The Kier molecular flexibility index (Phi) is 3.17. The van der Waals surface area contributed by atoms with E-state index in [4.69, 9.17) is 5.73 Å². The lowest BCUT2D eigenvalue weighted by molar-refractivity contribution is -0.111. The second kappa shape index (κ2) is 4.16. The van der Waals surface area contributed by atoms with Crippen molar-refractivity contribution in [3.63, 3.8) is 0 Å². The molecular weight excluding hydrogens is 166 g/mol. The maximum absolute atomic E-state index is 10.3. The minimum absolute atomic E-state index is 0.546. The van der Waals surface area contributed by atoms with Crippen LogP contribution in [0.2, 0.25) is 0 Å². The van der Waals surface area contributed by atoms with Gasteiger partial charge < -0.3 is 15.6 Å². The van der Waals surface area contributed by atoms with Gasteiger partial charge in [-0.2, -0.15) is 0 Å². The van der Waals surface area contributed by atoms with Crippen LogP contribution in [0.3, 0.4) is 0 Å². The van der Waals surface area contributed by atoms with Crippen LogP contribution in [-0.4, -0.2) is 17.4 Å². The second-order valence-electron chi connectivity index (χ2n) is 3.07. The lowest BCUT2D eigenvalue weighted by atomic mass is 10.0. The summed E-state index contributed by atoms with van der Waals surface area (Å²) in [5.74, 6) is 0. The molecule has 0 aliphatic carbocycles. The van der Waals surface area contributed by atoms with E-state index in [1.54, 1.807) is 12.1 Å². The first kappa shape index (κ1) is 9.89. The van der Waals surface area contributed by atoms with Gasteiger partial charge in [0.2, 0.25) is 0 Å². The second-order valence-corrected chi connectivity index (χ2v) is 3.07. The zero-order valence-electron chi connectivity index (χ0n) is 7.47. The summed E-state index contributed by atoms with van der Waals surface area (Å²) < 4.78 is 0. The van der Waals surface area contributed by atoms with E-state index >= 15 is 0 Å². The third-order valence-electron chi connectivity index (χ3n) is 1.94. The van der Waals surface area contributed by atoms with Crippen molar-refractivity contribution in [1.29, 1.82) is 0 Å². The third kappa shape index (κ3) is 2.37. The fraction of sp³-hybridized carbons (Fsp3) is 0.300. The van der Waals surface area contributed by atoms with Crippen molar-refractivity contribution in [3.05, 3.63) is 35.4 Å². The maximum atomic E-state index is 10.3. The van der Waals surface area contributed by atoms with Crippen LogP contribution >= 0.6 is 0 Å². The summed E-state index contributed by atoms with van der Waals surface area (Å²) in [6.45, 7) is 1.95. The van der Waals surface area contributed by atoms with Crippen molar-refractivity contribution in [3.8, 4) is 0 Å². The molecule has 0 aliphatic rings. The monoisotopic (exact) mass is 179 g/mol. The van der Waals surface area contributed by atoms with E-state index in [0.717, 1.165) is 5.56 Å². The minimum atomic E-state index is -0.905. The van der Waals surface area contributed by atoms with Crippen LogP contribution in [0.5, 0.6) is 0 Å². The Morgan fingerprint density at radius 1 is 1.38 bits per heavy atom. The Hall–Kier alpha value is -1.19. The first-order valence-electron chi connectivity index (χ1n) is 4.10. The maximum Gasteiger partial charge on any atom is 0.139 e. The molecule has 0 spiro atoms. The van der Waals surface area contributed by atoms with Gasteiger partial charge in [-0.05, 0) is 12.5 Å². The highest BCUT2D eigenvalue weighted by atomic mass is 16.3. The quantitative estimate of drug-likeness (QED) is 0.666. The molecule has 0 unspecified atom stereocenters. The average Bonchev–Trinajstić information content (AvgIpc) is 2.17. The molecule has 3 heteroatoms. The zero-order valence-corrected chi connectivity index (χ0v) is 7.47. The number of rotatable bonds is 3. The number of aliphatic hydroxyl groups excluding tert-OH is 1. The van der Waals surface area contributed by atoms with E-state index in [0.29, 0.717) is 11.8 Å². The fourth-order valence-electron chi connectivity index (χ4n) is 1.06. The van der Waals surface area contributed by atoms with Gasteiger partial charge in [0, 0.05) is 0 Å². The number of carbonyl (C=O) groups is 1. The first-order chi connectivity index (χ1) is 6.15. The molecule has 0 saturated carbocycles. The zero-order chi connectivity index (χ0) is 9.84. The van der Waals surface area contributed by atoms with Gasteiger partial charge >= 0.3 is 0 Å². The Morgan fingerprint density at radius 2 is 1.92 bits per heavy atom. The summed E-state index contributed by atoms with van der Waals surface area (Å²) in [5, 5.41) is 9.52. The highest BCUT2D eigenvalue weighted by Gasteiger charge is 2.15. The van der Waals surface area contributed by atoms with Gasteiger partial charge in [0.05, 0.1) is 6.04 Å². The van der Waals surface area contributed by atoms with Crippen LogP contribution in [0.1, 0.15) is 17.2 Å². The molecule has 70 valence electrons. The molecule has 0 bridgehead atoms. The van der Waals surface area contributed by atoms with E-state index < -0.39 is 12.1 Å². The number of benzene rings is 1. The summed E-state index contributed by atoms with van der Waals surface area (Å²) in [5.41, 5.74) is 7.15. The van der Waals surface area contributed by atoms with E-state index in [-0.39, 0.29) is 0 Å². The lowest BCUT2D eigenvalue weighted by Gasteiger charge is -2.13. The Labute approximate surface area is 77.2 Å². The van der Waals surface area contributed by atoms with Crippen LogP contribution in [0.15, 0.2) is 24.3 Å². The minimum Gasteiger partial charge on any atom is -0.386 e. The summed E-state index contributed by atoms with van der Waals surface area (Å²) >= 11 is 0. The van der Waals surface area contributed by atoms with E-state index in [1.807, 2.05) is 19.1 Å². The summed E-state index contributed by atoms with van der Waals surface area (Å²) in [6, 6.07) is 6.43. The van der Waals surface area contributed by atoms with E-state index in [2.05, 4.69) is 0 Å². The number of hydrogen-bond donors (Lipinski definition) is 2. The van der Waals surface area contributed by atoms with Gasteiger partial charge in [-0.25, -0.2) is 0 Å². The molecule has 0 amide bonds. The van der Waals surface area contributed by atoms with Crippen LogP contribution in [0.4, 0.5) is 0 Å². The Balaban J connectivity index is 2.82. The van der Waals surface area contributed by atoms with Gasteiger partial charge in [-0.3, -0.25) is 0 Å². The van der Waals surface area contributed by atoms with E-state index in [1.165, 1.54) is 0 Å². The smallest absolute Gasteiger partial charge is 0.139 e. The summed E-state index contributed by atoms with van der Waals surface area (Å²) in [4.78, 5) is 10.3. The topological polar surface area (TPSA) is 63.3 Å². The molecule has 0 aliphatic heterocycles. The normalized spacial score (nSPS) is 15.0. The van der Waals surface area contributed by atoms with Gasteiger partial charge in [0.25, 0.3) is 0 Å². The SMILES string of the molecule is Cc1ccc([C@H](O)[C@@H](N)C=O)cc1. The van der Waals surface area contributed by atoms with Crippen LogP contribution in [0.25, 0.3) is 0 Å². The Bertz CT molecular complexity index is 281. The summed E-state index contributed by atoms with van der Waals surface area (Å²) in [7, 11) is 0. The standard InChI is InChI=1S/C10H13NO2/c1-7-2-4-8(5-3-7)10(13)9(11)6-12/h2-6,9-10,13H,11H2,1H3/t9-,10-/m0/s1. The highest BCUT2D eigenvalue weighted by Crippen LogP contribution is 2.14. The molecule has 1 aromatic rings. The first-order valence-corrected chi connectivity index (χ1v) is 4.10. The fourth-order valence-corrected chi connectivity index (χ4v) is 1.06. The largest absolute Gasteiger partial charge is 0.386 e. The number of nitrogens with two attached hydrogens (primary N) is 1. The van der Waals surface area contributed by atoms with Crippen LogP contribution in [-0.2, 0) is 4.79 Å². The van der Waals surface area contributed by atoms with Crippen molar-refractivity contribution in [2.45, 2.75) is 19.1 Å². The average molecular weight is 179 g/mol. The van der Waals surface area contributed by atoms with Gasteiger partial charge in [-0.1, -0.05) is 29.8 Å². The van der Waals surface area contributed by atoms with Gasteiger partial charge in [0.15, 0.2) is 0 Å².